The first kappa shape index (κ1) is 11.6. The van der Waals surface area contributed by atoms with Crippen LogP contribution < -0.4 is 0 Å². The van der Waals surface area contributed by atoms with Crippen LogP contribution >= 0.6 is 23.4 Å². The average Bonchev–Trinajstić information content (AvgIpc) is 2.19. The van der Waals surface area contributed by atoms with Crippen molar-refractivity contribution in [3.63, 3.8) is 0 Å². The van der Waals surface area contributed by atoms with Crippen molar-refractivity contribution in [3.8, 4) is 0 Å². The van der Waals surface area contributed by atoms with Gasteiger partial charge in [-0.25, -0.2) is 0 Å². The first-order chi connectivity index (χ1) is 6.36. The molecule has 0 amide bonds. The van der Waals surface area contributed by atoms with E-state index in [9.17, 15) is 0 Å². The fraction of sp³-hybridized carbons (Fsp3) is 1.00. The predicted octanol–water partition coefficient (Wildman–Crippen LogP) is 1.68. The minimum atomic E-state index is 0.418. The van der Waals surface area contributed by atoms with Gasteiger partial charge in [0.1, 0.15) is 0 Å². The summed E-state index contributed by atoms with van der Waals surface area (Å²) in [5.74, 6) is 2.87. The van der Waals surface area contributed by atoms with Crippen molar-refractivity contribution >= 4 is 23.4 Å². The topological polar surface area (TPSA) is 12.5 Å². The second kappa shape index (κ2) is 6.93. The van der Waals surface area contributed by atoms with E-state index in [0.29, 0.717) is 6.10 Å². The van der Waals surface area contributed by atoms with Crippen molar-refractivity contribution in [2.75, 3.05) is 43.6 Å². The fourth-order valence-electron chi connectivity index (χ4n) is 1.44. The number of halogens is 1. The van der Waals surface area contributed by atoms with Crippen molar-refractivity contribution in [3.05, 3.63) is 0 Å². The number of likely N-dealkylation sites (N-methyl/N-ethyl adjacent to an activating group) is 1. The zero-order valence-corrected chi connectivity index (χ0v) is 9.74. The minimum Gasteiger partial charge on any atom is -0.375 e. The van der Waals surface area contributed by atoms with Crippen LogP contribution in [0.5, 0.6) is 0 Å². The van der Waals surface area contributed by atoms with Crippen molar-refractivity contribution in [1.29, 1.82) is 0 Å². The molecule has 2 nitrogen and oxygen atoms in total. The molecule has 4 heteroatoms. The molecule has 1 heterocycles. The highest BCUT2D eigenvalue weighted by molar-refractivity contribution is 7.99. The van der Waals surface area contributed by atoms with Gasteiger partial charge in [-0.2, -0.15) is 11.8 Å². The molecule has 0 aromatic carbocycles. The lowest BCUT2D eigenvalue weighted by Crippen LogP contribution is -2.43. The molecule has 1 atom stereocenters. The van der Waals surface area contributed by atoms with Gasteiger partial charge in [0.25, 0.3) is 0 Å². The van der Waals surface area contributed by atoms with Crippen LogP contribution in [-0.2, 0) is 4.74 Å². The van der Waals surface area contributed by atoms with Crippen LogP contribution in [-0.4, -0.2) is 54.6 Å². The molecule has 0 aromatic heterocycles. The summed E-state index contributed by atoms with van der Waals surface area (Å²) in [7, 11) is 0. The smallest absolute Gasteiger partial charge is 0.0792 e. The van der Waals surface area contributed by atoms with Crippen molar-refractivity contribution in [2.45, 2.75) is 13.0 Å². The Kier molecular flexibility index (Phi) is 6.20. The number of rotatable bonds is 5. The highest BCUT2D eigenvalue weighted by Gasteiger charge is 2.18. The lowest BCUT2D eigenvalue weighted by atomic mass is 10.3. The van der Waals surface area contributed by atoms with Gasteiger partial charge in [-0.3, -0.25) is 4.90 Å². The van der Waals surface area contributed by atoms with E-state index in [4.69, 9.17) is 16.3 Å². The van der Waals surface area contributed by atoms with Gasteiger partial charge in [-0.1, -0.05) is 6.92 Å². The highest BCUT2D eigenvalue weighted by atomic mass is 35.5. The van der Waals surface area contributed by atoms with E-state index in [1.54, 1.807) is 0 Å². The number of morpholine rings is 1. The lowest BCUT2D eigenvalue weighted by molar-refractivity contribution is -0.0137. The summed E-state index contributed by atoms with van der Waals surface area (Å²) in [5, 5.41) is 0. The average molecular weight is 224 g/mol. The molecule has 1 rings (SSSR count). The third-order valence-corrected chi connectivity index (χ3v) is 3.71. The summed E-state index contributed by atoms with van der Waals surface area (Å²) in [4.78, 5) is 2.44. The molecule has 0 aromatic rings. The van der Waals surface area contributed by atoms with Crippen LogP contribution in [0.3, 0.4) is 0 Å². The van der Waals surface area contributed by atoms with Gasteiger partial charge in [0.15, 0.2) is 0 Å². The zero-order valence-electron chi connectivity index (χ0n) is 8.17. The second-order valence-electron chi connectivity index (χ2n) is 3.15. The van der Waals surface area contributed by atoms with Crippen molar-refractivity contribution in [1.82, 2.24) is 4.90 Å². The Morgan fingerprint density at radius 1 is 1.62 bits per heavy atom. The van der Waals surface area contributed by atoms with Crippen LogP contribution in [0, 0.1) is 0 Å². The Hall–Kier alpha value is 0.560. The first-order valence-corrected chi connectivity index (χ1v) is 6.53. The van der Waals surface area contributed by atoms with Crippen molar-refractivity contribution < 1.29 is 4.74 Å². The maximum absolute atomic E-state index is 5.65. The summed E-state index contributed by atoms with van der Waals surface area (Å²) < 4.78 is 5.65. The van der Waals surface area contributed by atoms with Gasteiger partial charge in [0.2, 0.25) is 0 Å². The molecule has 0 aliphatic carbocycles. The summed E-state index contributed by atoms with van der Waals surface area (Å²) in [6.07, 6.45) is 0.418. The Morgan fingerprint density at radius 2 is 2.46 bits per heavy atom. The Bertz CT molecular complexity index is 137. The Labute approximate surface area is 90.0 Å². The SMILES string of the molecule is CCN1CCOC(CSCCCl)C1. The van der Waals surface area contributed by atoms with Crippen LogP contribution in [0.15, 0.2) is 0 Å². The standard InChI is InChI=1S/C9H18ClNOS/c1-2-11-4-5-12-9(7-11)8-13-6-3-10/h9H,2-8H2,1H3. The van der Waals surface area contributed by atoms with Gasteiger partial charge in [0, 0.05) is 30.5 Å². The zero-order chi connectivity index (χ0) is 9.52. The van der Waals surface area contributed by atoms with Gasteiger partial charge in [-0.15, -0.1) is 11.6 Å². The number of ether oxygens (including phenoxy) is 1. The predicted molar refractivity (Wildman–Crippen MR) is 59.9 cm³/mol. The molecular weight excluding hydrogens is 206 g/mol. The molecule has 1 unspecified atom stereocenters. The van der Waals surface area contributed by atoms with Crippen LogP contribution in [0.4, 0.5) is 0 Å². The number of nitrogens with zero attached hydrogens (tertiary/aromatic N) is 1. The third kappa shape index (κ3) is 4.54. The lowest BCUT2D eigenvalue weighted by Gasteiger charge is -2.31. The fourth-order valence-corrected chi connectivity index (χ4v) is 2.51. The Balaban J connectivity index is 2.11. The summed E-state index contributed by atoms with van der Waals surface area (Å²) >= 11 is 7.49. The van der Waals surface area contributed by atoms with Crippen LogP contribution in [0.1, 0.15) is 6.92 Å². The van der Waals surface area contributed by atoms with Gasteiger partial charge >= 0.3 is 0 Å². The Morgan fingerprint density at radius 3 is 3.15 bits per heavy atom. The summed E-state index contributed by atoms with van der Waals surface area (Å²) in [5.41, 5.74) is 0. The van der Waals surface area contributed by atoms with Gasteiger partial charge in [0.05, 0.1) is 12.7 Å². The molecule has 1 fully saturated rings. The van der Waals surface area contributed by atoms with E-state index in [1.165, 1.54) is 0 Å². The molecule has 1 saturated heterocycles. The minimum absolute atomic E-state index is 0.418. The molecule has 1 aliphatic heterocycles. The maximum atomic E-state index is 5.65. The molecule has 78 valence electrons. The van der Waals surface area contributed by atoms with E-state index < -0.39 is 0 Å². The number of thioether (sulfide) groups is 1. The van der Waals surface area contributed by atoms with E-state index in [0.717, 1.165) is 43.6 Å². The molecule has 0 spiro atoms. The maximum Gasteiger partial charge on any atom is 0.0792 e. The number of hydrogen-bond acceptors (Lipinski definition) is 3. The second-order valence-corrected chi connectivity index (χ2v) is 4.68. The van der Waals surface area contributed by atoms with Crippen LogP contribution in [0.2, 0.25) is 0 Å². The molecule has 13 heavy (non-hydrogen) atoms. The molecule has 0 radical (unpaired) electrons. The van der Waals surface area contributed by atoms with E-state index in [1.807, 2.05) is 11.8 Å². The summed E-state index contributed by atoms with van der Waals surface area (Å²) in [6, 6.07) is 0. The van der Waals surface area contributed by atoms with Gasteiger partial charge in [-0.05, 0) is 6.54 Å². The monoisotopic (exact) mass is 223 g/mol. The van der Waals surface area contributed by atoms with E-state index in [2.05, 4.69) is 11.8 Å². The van der Waals surface area contributed by atoms with Crippen molar-refractivity contribution in [2.24, 2.45) is 0 Å². The molecule has 1 aliphatic rings. The highest BCUT2D eigenvalue weighted by Crippen LogP contribution is 2.11. The summed E-state index contributed by atoms with van der Waals surface area (Å²) in [6.45, 7) is 6.41. The number of hydrogen-bond donors (Lipinski definition) is 0. The van der Waals surface area contributed by atoms with Crippen LogP contribution in [0.25, 0.3) is 0 Å². The molecule has 0 saturated carbocycles. The normalized spacial score (nSPS) is 24.9. The molecule has 0 N–H and O–H groups in total. The molecular formula is C9H18ClNOS. The number of alkyl halides is 1. The third-order valence-electron chi connectivity index (χ3n) is 2.20. The largest absolute Gasteiger partial charge is 0.375 e. The van der Waals surface area contributed by atoms with E-state index >= 15 is 0 Å². The van der Waals surface area contributed by atoms with E-state index in [-0.39, 0.29) is 0 Å². The first-order valence-electron chi connectivity index (χ1n) is 4.84. The quantitative estimate of drug-likeness (QED) is 0.520. The molecule has 0 bridgehead atoms. The van der Waals surface area contributed by atoms with Gasteiger partial charge < -0.3 is 4.74 Å².